The van der Waals surface area contributed by atoms with Crippen molar-refractivity contribution < 1.29 is 14.3 Å². The number of hydrogen-bond donors (Lipinski definition) is 3. The highest BCUT2D eigenvalue weighted by Crippen LogP contribution is 2.34. The Balaban J connectivity index is 0.00000338. The number of benzene rings is 1. The number of thioether (sulfide) groups is 1. The van der Waals surface area contributed by atoms with Crippen molar-refractivity contribution in [2.24, 2.45) is 5.73 Å². The highest BCUT2D eigenvalue weighted by atomic mass is 127. The third-order valence-corrected chi connectivity index (χ3v) is 5.46. The van der Waals surface area contributed by atoms with Crippen LogP contribution in [0.5, 0.6) is 0 Å². The molecule has 0 unspecified atom stereocenters. The first-order valence-electron chi connectivity index (χ1n) is 7.72. The summed E-state index contributed by atoms with van der Waals surface area (Å²) in [6.45, 7) is 0. The second-order valence-corrected chi connectivity index (χ2v) is 7.57. The molecule has 0 saturated heterocycles. The minimum absolute atomic E-state index is 0. The molecule has 0 amide bonds. The van der Waals surface area contributed by atoms with E-state index in [9.17, 15) is 9.18 Å². The van der Waals surface area contributed by atoms with Crippen LogP contribution in [0.15, 0.2) is 42.5 Å². The molecule has 4 nitrogen and oxygen atoms in total. The molecule has 0 bridgehead atoms. The zero-order chi connectivity index (χ0) is 18.2. The third kappa shape index (κ3) is 7.46. The van der Waals surface area contributed by atoms with Crippen LogP contribution in [0.2, 0.25) is 0 Å². The summed E-state index contributed by atoms with van der Waals surface area (Å²) in [4.78, 5) is 13.0. The molecule has 1 heterocycles. The molecule has 4 N–H and O–H groups in total. The second-order valence-electron chi connectivity index (χ2n) is 5.35. The number of carboxylic acid groups (broad SMARTS) is 1. The van der Waals surface area contributed by atoms with Crippen LogP contribution in [0.1, 0.15) is 24.1 Å². The van der Waals surface area contributed by atoms with Crippen molar-refractivity contribution in [3.05, 3.63) is 53.2 Å². The molecular formula is C18H20FIN2O2S2. The fraction of sp³-hybridized carbons (Fsp3) is 0.222. The number of unbranched alkanes of at least 4 members (excludes halogenated alkanes) is 1. The Bertz CT molecular complexity index is 776. The number of carboxylic acids is 1. The maximum absolute atomic E-state index is 13.0. The molecule has 26 heavy (non-hydrogen) atoms. The third-order valence-electron chi connectivity index (χ3n) is 3.45. The van der Waals surface area contributed by atoms with E-state index in [0.717, 1.165) is 39.5 Å². The monoisotopic (exact) mass is 506 g/mol. The lowest BCUT2D eigenvalue weighted by Gasteiger charge is -2.05. The number of carbonyl (C=O) groups is 1. The molecule has 0 aliphatic carbocycles. The number of nitrogens with two attached hydrogens (primary N) is 1. The van der Waals surface area contributed by atoms with Crippen LogP contribution in [0, 0.1) is 11.2 Å². The largest absolute Gasteiger partial charge is 0.478 e. The number of thiophene rings is 1. The Labute approximate surface area is 177 Å². The summed E-state index contributed by atoms with van der Waals surface area (Å²) in [5.41, 5.74) is 6.98. The van der Waals surface area contributed by atoms with Crippen LogP contribution in [0.25, 0.3) is 16.0 Å². The predicted octanol–water partition coefficient (Wildman–Crippen LogP) is 5.44. The minimum Gasteiger partial charge on any atom is -0.478 e. The van der Waals surface area contributed by atoms with E-state index in [2.05, 4.69) is 0 Å². The van der Waals surface area contributed by atoms with E-state index in [1.807, 2.05) is 12.1 Å². The van der Waals surface area contributed by atoms with Crippen LogP contribution >= 0.6 is 47.1 Å². The van der Waals surface area contributed by atoms with Gasteiger partial charge in [0.2, 0.25) is 0 Å². The van der Waals surface area contributed by atoms with E-state index < -0.39 is 5.97 Å². The van der Waals surface area contributed by atoms with E-state index in [4.69, 9.17) is 16.2 Å². The maximum Gasteiger partial charge on any atom is 0.328 e. The van der Waals surface area contributed by atoms with E-state index >= 15 is 0 Å². The summed E-state index contributed by atoms with van der Waals surface area (Å²) >= 11 is 2.79. The van der Waals surface area contributed by atoms with Crippen LogP contribution < -0.4 is 5.73 Å². The highest BCUT2D eigenvalue weighted by molar-refractivity contribution is 14.0. The van der Waals surface area contributed by atoms with Crippen molar-refractivity contribution in [1.29, 1.82) is 5.41 Å². The van der Waals surface area contributed by atoms with E-state index in [0.29, 0.717) is 6.42 Å². The number of halogens is 2. The first-order chi connectivity index (χ1) is 12.0. The van der Waals surface area contributed by atoms with Gasteiger partial charge in [-0.3, -0.25) is 5.41 Å². The average molecular weight is 506 g/mol. The molecule has 140 valence electrons. The van der Waals surface area contributed by atoms with Gasteiger partial charge >= 0.3 is 5.97 Å². The summed E-state index contributed by atoms with van der Waals surface area (Å²) < 4.78 is 13.0. The van der Waals surface area contributed by atoms with Gasteiger partial charge in [-0.1, -0.05) is 23.9 Å². The molecule has 0 aliphatic rings. The maximum atomic E-state index is 13.0. The summed E-state index contributed by atoms with van der Waals surface area (Å²) in [7, 11) is 0. The fourth-order valence-corrected chi connectivity index (χ4v) is 3.92. The quantitative estimate of drug-likeness (QED) is 0.146. The predicted molar refractivity (Wildman–Crippen MR) is 119 cm³/mol. The first-order valence-corrected chi connectivity index (χ1v) is 9.52. The molecule has 0 saturated carbocycles. The molecule has 0 fully saturated rings. The van der Waals surface area contributed by atoms with Gasteiger partial charge in [-0.15, -0.1) is 35.3 Å². The van der Waals surface area contributed by atoms with Crippen molar-refractivity contribution in [1.82, 2.24) is 0 Å². The van der Waals surface area contributed by atoms with Gasteiger partial charge < -0.3 is 10.8 Å². The normalized spacial score (nSPS) is 11.0. The highest BCUT2D eigenvalue weighted by Gasteiger charge is 2.09. The molecule has 1 aromatic heterocycles. The molecular weight excluding hydrogens is 486 g/mol. The van der Waals surface area contributed by atoms with Crippen LogP contribution in [-0.2, 0) is 4.79 Å². The van der Waals surface area contributed by atoms with Crippen LogP contribution in [0.4, 0.5) is 4.39 Å². The van der Waals surface area contributed by atoms with Gasteiger partial charge in [-0.2, -0.15) is 0 Å². The summed E-state index contributed by atoms with van der Waals surface area (Å²) in [6.07, 6.45) is 3.58. The Kier molecular flexibility index (Phi) is 9.89. The fourth-order valence-electron chi connectivity index (χ4n) is 2.29. The Morgan fingerprint density at radius 2 is 1.92 bits per heavy atom. The van der Waals surface area contributed by atoms with E-state index in [1.165, 1.54) is 41.3 Å². The molecule has 8 heteroatoms. The molecule has 0 aliphatic heterocycles. The number of allylic oxidation sites excluding steroid dienone is 1. The van der Waals surface area contributed by atoms with Crippen molar-refractivity contribution in [2.45, 2.75) is 19.3 Å². The van der Waals surface area contributed by atoms with Gasteiger partial charge in [-0.05, 0) is 54.7 Å². The van der Waals surface area contributed by atoms with E-state index in [-0.39, 0.29) is 35.0 Å². The van der Waals surface area contributed by atoms with Gasteiger partial charge in [0.15, 0.2) is 5.17 Å². The standard InChI is InChI=1S/C18H19FN2O2S2.HI/c19-14-6-4-12(5-7-14)15-8-9-16(25-15)13(11-17(22)23)3-1-2-10-24-18(20)21;/h4-9,11H,1-3,10H2,(H3,20,21)(H,22,23);1H. The van der Waals surface area contributed by atoms with Crippen LogP contribution in [-0.4, -0.2) is 22.0 Å². The lowest BCUT2D eigenvalue weighted by molar-refractivity contribution is -0.131. The molecule has 0 atom stereocenters. The van der Waals surface area contributed by atoms with Crippen molar-refractivity contribution in [3.63, 3.8) is 0 Å². The number of rotatable bonds is 8. The van der Waals surface area contributed by atoms with Gasteiger partial charge in [0.25, 0.3) is 0 Å². The number of hydrogen-bond acceptors (Lipinski definition) is 4. The molecule has 2 aromatic rings. The molecule has 0 radical (unpaired) electrons. The summed E-state index contributed by atoms with van der Waals surface area (Å²) in [5.74, 6) is -0.499. The topological polar surface area (TPSA) is 87.2 Å². The lowest BCUT2D eigenvalue weighted by atomic mass is 10.1. The minimum atomic E-state index is -0.968. The Hall–Kier alpha value is -1.39. The SMILES string of the molecule is I.N=C(N)SCCCCC(=CC(=O)O)c1ccc(-c2ccc(F)cc2)s1. The Morgan fingerprint density at radius 3 is 2.54 bits per heavy atom. The van der Waals surface area contributed by atoms with E-state index in [1.54, 1.807) is 12.1 Å². The summed E-state index contributed by atoms with van der Waals surface area (Å²) in [6, 6.07) is 10.1. The van der Waals surface area contributed by atoms with Crippen molar-refractivity contribution in [3.8, 4) is 10.4 Å². The van der Waals surface area contributed by atoms with Gasteiger partial charge in [0, 0.05) is 21.6 Å². The first kappa shape index (κ1) is 22.7. The zero-order valence-corrected chi connectivity index (χ0v) is 17.9. The zero-order valence-electron chi connectivity index (χ0n) is 13.9. The number of amidine groups is 1. The second kappa shape index (κ2) is 11.3. The lowest BCUT2D eigenvalue weighted by Crippen LogP contribution is -2.04. The summed E-state index contributed by atoms with van der Waals surface area (Å²) in [5, 5.41) is 16.4. The van der Waals surface area contributed by atoms with Crippen molar-refractivity contribution in [2.75, 3.05) is 5.75 Å². The smallest absolute Gasteiger partial charge is 0.328 e. The van der Waals surface area contributed by atoms with Crippen LogP contribution in [0.3, 0.4) is 0 Å². The molecule has 2 rings (SSSR count). The molecule has 0 spiro atoms. The van der Waals surface area contributed by atoms with Gasteiger partial charge in [0.1, 0.15) is 5.82 Å². The van der Waals surface area contributed by atoms with Crippen molar-refractivity contribution >= 4 is 63.8 Å². The Morgan fingerprint density at radius 1 is 1.23 bits per heavy atom. The number of nitrogens with one attached hydrogen (secondary N) is 1. The number of aliphatic carboxylic acids is 1. The molecule has 1 aromatic carbocycles. The van der Waals surface area contributed by atoms with Gasteiger partial charge in [0.05, 0.1) is 0 Å². The average Bonchev–Trinajstić information content (AvgIpc) is 3.03. The van der Waals surface area contributed by atoms with Gasteiger partial charge in [-0.25, -0.2) is 9.18 Å².